The number of benzene rings is 1. The number of amides is 1. The molecule has 1 atom stereocenters. The summed E-state index contributed by atoms with van der Waals surface area (Å²) in [5.41, 5.74) is 0.238. The fourth-order valence-corrected chi connectivity index (χ4v) is 1.51. The molecule has 0 spiro atoms. The number of carbonyl (C=O) groups excluding carboxylic acids is 2. The van der Waals surface area contributed by atoms with Crippen LogP contribution >= 0.6 is 0 Å². The number of aliphatic hydroxyl groups excluding tert-OH is 1. The summed E-state index contributed by atoms with van der Waals surface area (Å²) in [5.74, 6) is 3.32. The molecule has 0 bridgehead atoms. The molecule has 0 aromatic heterocycles. The van der Waals surface area contributed by atoms with Crippen molar-refractivity contribution in [2.24, 2.45) is 0 Å². The number of hydrogen-bond donors (Lipinski definition) is 2. The lowest BCUT2D eigenvalue weighted by atomic mass is 10.1. The molecule has 0 saturated heterocycles. The molecule has 0 heterocycles. The zero-order valence-electron chi connectivity index (χ0n) is 11.8. The van der Waals surface area contributed by atoms with Crippen LogP contribution in [0.25, 0.3) is 0 Å². The second-order valence-electron chi connectivity index (χ2n) is 4.19. The van der Waals surface area contributed by atoms with Crippen molar-refractivity contribution < 1.29 is 23.8 Å². The van der Waals surface area contributed by atoms with Crippen LogP contribution in [0, 0.1) is 17.7 Å². The van der Waals surface area contributed by atoms with E-state index in [1.54, 1.807) is 0 Å². The maximum Gasteiger partial charge on any atom is 0.328 e. The summed E-state index contributed by atoms with van der Waals surface area (Å²) < 4.78 is 18.2. The lowest BCUT2D eigenvalue weighted by molar-refractivity contribution is -0.142. The quantitative estimate of drug-likeness (QED) is 0.637. The minimum atomic E-state index is -0.883. The van der Waals surface area contributed by atoms with Gasteiger partial charge < -0.3 is 15.2 Å². The van der Waals surface area contributed by atoms with E-state index in [9.17, 15) is 14.0 Å². The first kappa shape index (κ1) is 16.7. The van der Waals surface area contributed by atoms with Crippen LogP contribution in [-0.2, 0) is 9.53 Å². The van der Waals surface area contributed by atoms with Crippen molar-refractivity contribution in [3.63, 3.8) is 0 Å². The van der Waals surface area contributed by atoms with Crippen LogP contribution in [0.1, 0.15) is 29.3 Å². The monoisotopic (exact) mass is 293 g/mol. The summed E-state index contributed by atoms with van der Waals surface area (Å²) >= 11 is 0. The Hall–Kier alpha value is -2.39. The van der Waals surface area contributed by atoms with E-state index in [-0.39, 0.29) is 18.6 Å². The van der Waals surface area contributed by atoms with Gasteiger partial charge in [0.2, 0.25) is 0 Å². The van der Waals surface area contributed by atoms with Crippen molar-refractivity contribution in [1.82, 2.24) is 5.32 Å². The van der Waals surface area contributed by atoms with Crippen LogP contribution < -0.4 is 5.32 Å². The molecule has 1 aromatic rings. The molecule has 0 saturated carbocycles. The van der Waals surface area contributed by atoms with Gasteiger partial charge in [-0.05, 0) is 25.1 Å². The topological polar surface area (TPSA) is 75.6 Å². The molecule has 0 aliphatic carbocycles. The molecular formula is C15H16FNO4. The fourth-order valence-electron chi connectivity index (χ4n) is 1.51. The molecule has 5 nitrogen and oxygen atoms in total. The molecule has 1 aromatic carbocycles. The minimum absolute atomic E-state index is 0.0712. The second kappa shape index (κ2) is 8.02. The van der Waals surface area contributed by atoms with Gasteiger partial charge in [-0.15, -0.1) is 0 Å². The average molecular weight is 293 g/mol. The van der Waals surface area contributed by atoms with Crippen molar-refractivity contribution in [1.29, 1.82) is 0 Å². The van der Waals surface area contributed by atoms with E-state index in [4.69, 9.17) is 5.11 Å². The lowest BCUT2D eigenvalue weighted by Gasteiger charge is -2.12. The highest BCUT2D eigenvalue weighted by Crippen LogP contribution is 2.10. The molecule has 112 valence electrons. The third-order valence-electron chi connectivity index (χ3n) is 2.58. The van der Waals surface area contributed by atoms with Gasteiger partial charge in [-0.2, -0.15) is 0 Å². The standard InChI is InChI=1S/C15H16FNO4/c1-10(15(20)21-2)17-14(19)12-9-11(5-3-4-8-18)6-7-13(12)16/h6-7,9-10,18H,4,8H2,1-2H3,(H,17,19). The number of nitrogens with one attached hydrogen (secondary N) is 1. The van der Waals surface area contributed by atoms with Gasteiger partial charge in [0.25, 0.3) is 5.91 Å². The molecule has 2 N–H and O–H groups in total. The largest absolute Gasteiger partial charge is 0.467 e. The predicted octanol–water partition coefficient (Wildman–Crippen LogP) is 0.851. The third kappa shape index (κ3) is 4.89. The Kier molecular flexibility index (Phi) is 6.37. The van der Waals surface area contributed by atoms with E-state index >= 15 is 0 Å². The Bertz CT molecular complexity index is 589. The Morgan fingerprint density at radius 2 is 2.19 bits per heavy atom. The number of hydrogen-bond acceptors (Lipinski definition) is 4. The van der Waals surface area contributed by atoms with E-state index in [1.807, 2.05) is 0 Å². The highest BCUT2D eigenvalue weighted by molar-refractivity contribution is 5.97. The summed E-state index contributed by atoms with van der Waals surface area (Å²) in [7, 11) is 1.20. The first-order valence-electron chi connectivity index (χ1n) is 6.27. The highest BCUT2D eigenvalue weighted by Gasteiger charge is 2.19. The molecule has 0 radical (unpaired) electrons. The van der Waals surface area contributed by atoms with E-state index in [0.717, 1.165) is 6.07 Å². The van der Waals surface area contributed by atoms with Crippen molar-refractivity contribution in [3.8, 4) is 11.8 Å². The number of rotatable bonds is 4. The molecule has 1 unspecified atom stereocenters. The summed E-state index contributed by atoms with van der Waals surface area (Å²) in [6.07, 6.45) is 0.290. The fraction of sp³-hybridized carbons (Fsp3) is 0.333. The normalized spacial score (nSPS) is 11.0. The number of halogens is 1. The lowest BCUT2D eigenvalue weighted by Crippen LogP contribution is -2.39. The van der Waals surface area contributed by atoms with E-state index in [2.05, 4.69) is 21.9 Å². The Morgan fingerprint density at radius 1 is 1.48 bits per heavy atom. The zero-order chi connectivity index (χ0) is 15.8. The first-order chi connectivity index (χ1) is 9.99. The van der Waals surface area contributed by atoms with Gasteiger partial charge in [0.1, 0.15) is 11.9 Å². The van der Waals surface area contributed by atoms with Crippen molar-refractivity contribution in [2.45, 2.75) is 19.4 Å². The maximum atomic E-state index is 13.7. The Balaban J connectivity index is 2.91. The minimum Gasteiger partial charge on any atom is -0.467 e. The molecular weight excluding hydrogens is 277 g/mol. The van der Waals surface area contributed by atoms with Crippen LogP contribution in [0.5, 0.6) is 0 Å². The van der Waals surface area contributed by atoms with Crippen LogP contribution in [0.2, 0.25) is 0 Å². The number of ether oxygens (including phenoxy) is 1. The van der Waals surface area contributed by atoms with Crippen molar-refractivity contribution in [3.05, 3.63) is 35.1 Å². The highest BCUT2D eigenvalue weighted by atomic mass is 19.1. The van der Waals surface area contributed by atoms with Crippen molar-refractivity contribution >= 4 is 11.9 Å². The summed E-state index contributed by atoms with van der Waals surface area (Å²) in [5, 5.41) is 11.0. The van der Waals surface area contributed by atoms with Crippen LogP contribution in [-0.4, -0.2) is 36.7 Å². The zero-order valence-corrected chi connectivity index (χ0v) is 11.8. The predicted molar refractivity (Wildman–Crippen MR) is 73.9 cm³/mol. The molecule has 1 amide bonds. The Morgan fingerprint density at radius 3 is 2.81 bits per heavy atom. The first-order valence-corrected chi connectivity index (χ1v) is 6.27. The van der Waals surface area contributed by atoms with Crippen molar-refractivity contribution in [2.75, 3.05) is 13.7 Å². The van der Waals surface area contributed by atoms with Gasteiger partial charge in [0.15, 0.2) is 0 Å². The van der Waals surface area contributed by atoms with E-state index in [0.29, 0.717) is 5.56 Å². The van der Waals surface area contributed by atoms with Crippen LogP contribution in [0.4, 0.5) is 4.39 Å². The molecule has 0 fully saturated rings. The van der Waals surface area contributed by atoms with Gasteiger partial charge in [-0.3, -0.25) is 4.79 Å². The third-order valence-corrected chi connectivity index (χ3v) is 2.58. The molecule has 0 aliphatic heterocycles. The van der Waals surface area contributed by atoms with E-state index in [1.165, 1.54) is 26.2 Å². The molecule has 6 heteroatoms. The summed E-state index contributed by atoms with van der Waals surface area (Å²) in [6, 6.07) is 2.96. The summed E-state index contributed by atoms with van der Waals surface area (Å²) in [6.45, 7) is 1.37. The maximum absolute atomic E-state index is 13.7. The van der Waals surface area contributed by atoms with Crippen LogP contribution in [0.15, 0.2) is 18.2 Å². The van der Waals surface area contributed by atoms with Gasteiger partial charge in [0.05, 0.1) is 19.3 Å². The number of carbonyl (C=O) groups is 2. The summed E-state index contributed by atoms with van der Waals surface area (Å²) in [4.78, 5) is 23.2. The average Bonchev–Trinajstić information content (AvgIpc) is 2.48. The SMILES string of the molecule is COC(=O)C(C)NC(=O)c1cc(C#CCCO)ccc1F. The van der Waals surface area contributed by atoms with Gasteiger partial charge in [0, 0.05) is 12.0 Å². The molecule has 1 rings (SSSR count). The van der Waals surface area contributed by atoms with Gasteiger partial charge in [-0.25, -0.2) is 9.18 Å². The number of esters is 1. The van der Waals surface area contributed by atoms with Crippen LogP contribution in [0.3, 0.4) is 0 Å². The number of methoxy groups -OCH3 is 1. The smallest absolute Gasteiger partial charge is 0.328 e. The van der Waals surface area contributed by atoms with Gasteiger partial charge in [-0.1, -0.05) is 11.8 Å². The second-order valence-corrected chi connectivity index (χ2v) is 4.19. The van der Waals surface area contributed by atoms with Gasteiger partial charge >= 0.3 is 5.97 Å². The Labute approximate surface area is 122 Å². The molecule has 0 aliphatic rings. The number of aliphatic hydroxyl groups is 1. The van der Waals surface area contributed by atoms with E-state index < -0.39 is 23.7 Å². The molecule has 21 heavy (non-hydrogen) atoms.